The normalized spacial score (nSPS) is 22.6. The lowest BCUT2D eigenvalue weighted by Gasteiger charge is -2.33. The molecule has 9 nitrogen and oxygen atoms in total. The molecule has 0 aromatic carbocycles. The molecular formula is C17H25N5O4S. The van der Waals surface area contributed by atoms with Crippen molar-refractivity contribution in [1.82, 2.24) is 14.3 Å². The first-order chi connectivity index (χ1) is 12.9. The highest BCUT2D eigenvalue weighted by molar-refractivity contribution is 7.88. The third-order valence-electron chi connectivity index (χ3n) is 5.53. The van der Waals surface area contributed by atoms with Gasteiger partial charge in [-0.1, -0.05) is 12.8 Å². The summed E-state index contributed by atoms with van der Waals surface area (Å²) in [6.45, 7) is 0.998. The summed E-state index contributed by atoms with van der Waals surface area (Å²) < 4.78 is 30.3. The van der Waals surface area contributed by atoms with Crippen molar-refractivity contribution in [2.24, 2.45) is 0 Å². The molecule has 3 aliphatic rings. The number of piperidine rings is 1. The Morgan fingerprint density at radius 1 is 1.19 bits per heavy atom. The van der Waals surface area contributed by atoms with Gasteiger partial charge in [0.1, 0.15) is 0 Å². The molecule has 1 saturated carbocycles. The molecule has 4 rings (SSSR count). The van der Waals surface area contributed by atoms with E-state index in [0.717, 1.165) is 25.7 Å². The molecule has 0 spiro atoms. The van der Waals surface area contributed by atoms with Gasteiger partial charge in [0, 0.05) is 25.2 Å². The molecule has 0 unspecified atom stereocenters. The van der Waals surface area contributed by atoms with Gasteiger partial charge >= 0.3 is 0 Å². The molecule has 0 bridgehead atoms. The summed E-state index contributed by atoms with van der Waals surface area (Å²) in [4.78, 5) is 23.1. The van der Waals surface area contributed by atoms with E-state index in [1.54, 1.807) is 11.1 Å². The first-order valence-corrected chi connectivity index (χ1v) is 11.3. The van der Waals surface area contributed by atoms with Crippen molar-refractivity contribution >= 4 is 27.7 Å². The maximum atomic E-state index is 12.4. The molecule has 2 aliphatic heterocycles. The van der Waals surface area contributed by atoms with Crippen molar-refractivity contribution in [2.75, 3.05) is 36.2 Å². The fourth-order valence-corrected chi connectivity index (χ4v) is 4.96. The molecule has 1 N–H and O–H groups in total. The molecule has 1 aromatic heterocycles. The molecule has 0 radical (unpaired) electrons. The molecular weight excluding hydrogens is 370 g/mol. The quantitative estimate of drug-likeness (QED) is 0.810. The second-order valence-electron chi connectivity index (χ2n) is 7.45. The minimum atomic E-state index is -3.14. The van der Waals surface area contributed by atoms with Crippen LogP contribution in [0.1, 0.15) is 38.5 Å². The van der Waals surface area contributed by atoms with Crippen LogP contribution in [0.4, 0.5) is 11.8 Å². The zero-order valence-electron chi connectivity index (χ0n) is 15.4. The Bertz CT molecular complexity index is 817. The van der Waals surface area contributed by atoms with Crippen molar-refractivity contribution in [3.63, 3.8) is 0 Å². The highest BCUT2D eigenvalue weighted by Gasteiger charge is 2.35. The standard InChI is InChI=1S/C17H25N5O4S/c1-27(24,25)21-8-6-12(7-9-21)19-17-18-10-14-16(20-17)22(15(23)11-26-14)13-4-2-3-5-13/h10,12-13H,2-9,11H2,1H3,(H,18,19,20). The summed E-state index contributed by atoms with van der Waals surface area (Å²) in [5, 5.41) is 3.29. The van der Waals surface area contributed by atoms with Gasteiger partial charge in [0.15, 0.2) is 18.2 Å². The van der Waals surface area contributed by atoms with Gasteiger partial charge in [-0.3, -0.25) is 9.69 Å². The molecule has 148 valence electrons. The monoisotopic (exact) mass is 395 g/mol. The van der Waals surface area contributed by atoms with Gasteiger partial charge in [-0.15, -0.1) is 0 Å². The van der Waals surface area contributed by atoms with Gasteiger partial charge < -0.3 is 10.1 Å². The van der Waals surface area contributed by atoms with Crippen LogP contribution in [0.2, 0.25) is 0 Å². The predicted octanol–water partition coefficient (Wildman–Crippen LogP) is 0.980. The van der Waals surface area contributed by atoms with E-state index in [2.05, 4.69) is 15.3 Å². The van der Waals surface area contributed by atoms with Crippen LogP contribution in [0.15, 0.2) is 6.20 Å². The van der Waals surface area contributed by atoms with Crippen LogP contribution in [0.25, 0.3) is 0 Å². The zero-order chi connectivity index (χ0) is 19.0. The molecule has 2 fully saturated rings. The Labute approximate surface area is 159 Å². The molecule has 0 atom stereocenters. The summed E-state index contributed by atoms with van der Waals surface area (Å²) in [6, 6.07) is 0.280. The third-order valence-corrected chi connectivity index (χ3v) is 6.83. The summed E-state index contributed by atoms with van der Waals surface area (Å²) >= 11 is 0. The van der Waals surface area contributed by atoms with Crippen LogP contribution in [-0.4, -0.2) is 66.6 Å². The third kappa shape index (κ3) is 3.86. The Morgan fingerprint density at radius 2 is 1.89 bits per heavy atom. The van der Waals surface area contributed by atoms with E-state index in [1.807, 2.05) is 0 Å². The van der Waals surface area contributed by atoms with Crippen LogP contribution in [-0.2, 0) is 14.8 Å². The number of hydrogen-bond acceptors (Lipinski definition) is 7. The number of hydrogen-bond donors (Lipinski definition) is 1. The number of rotatable bonds is 4. The highest BCUT2D eigenvalue weighted by atomic mass is 32.2. The van der Waals surface area contributed by atoms with E-state index in [9.17, 15) is 13.2 Å². The number of sulfonamides is 1. The Morgan fingerprint density at radius 3 is 2.56 bits per heavy atom. The summed E-state index contributed by atoms with van der Waals surface area (Å²) in [7, 11) is -3.14. The Hall–Kier alpha value is -1.94. The number of amides is 1. The number of ether oxygens (including phenoxy) is 1. The van der Waals surface area contributed by atoms with Crippen LogP contribution in [0.5, 0.6) is 5.75 Å². The number of aromatic nitrogens is 2. The Kier molecular flexibility index (Phi) is 4.94. The fraction of sp³-hybridized carbons (Fsp3) is 0.706. The van der Waals surface area contributed by atoms with E-state index < -0.39 is 10.0 Å². The molecule has 1 saturated heterocycles. The largest absolute Gasteiger partial charge is 0.478 e. The number of carbonyl (C=O) groups excluding carboxylic acids is 1. The number of fused-ring (bicyclic) bond motifs is 1. The van der Waals surface area contributed by atoms with Crippen LogP contribution in [0.3, 0.4) is 0 Å². The summed E-state index contributed by atoms with van der Waals surface area (Å²) in [5.74, 6) is 1.48. The van der Waals surface area contributed by atoms with Gasteiger partial charge in [-0.05, 0) is 25.7 Å². The summed E-state index contributed by atoms with van der Waals surface area (Å²) in [5.41, 5.74) is 0. The lowest BCUT2D eigenvalue weighted by atomic mass is 10.1. The van der Waals surface area contributed by atoms with E-state index in [1.165, 1.54) is 10.6 Å². The first kappa shape index (κ1) is 18.4. The number of carbonyl (C=O) groups is 1. The van der Waals surface area contributed by atoms with Crippen LogP contribution < -0.4 is 15.0 Å². The molecule has 27 heavy (non-hydrogen) atoms. The SMILES string of the molecule is CS(=O)(=O)N1CCC(Nc2ncc3c(n2)N(C2CCCC2)C(=O)CO3)CC1. The predicted molar refractivity (Wildman–Crippen MR) is 100 cm³/mol. The van der Waals surface area contributed by atoms with Crippen molar-refractivity contribution in [1.29, 1.82) is 0 Å². The molecule has 3 heterocycles. The molecule has 10 heteroatoms. The minimum absolute atomic E-state index is 0.0313. The smallest absolute Gasteiger partial charge is 0.266 e. The lowest BCUT2D eigenvalue weighted by molar-refractivity contribution is -0.121. The lowest BCUT2D eigenvalue weighted by Crippen LogP contribution is -2.45. The van der Waals surface area contributed by atoms with Crippen LogP contribution in [0, 0.1) is 0 Å². The average molecular weight is 395 g/mol. The van der Waals surface area contributed by atoms with E-state index >= 15 is 0 Å². The van der Waals surface area contributed by atoms with Crippen molar-refractivity contribution in [3.05, 3.63) is 6.20 Å². The van der Waals surface area contributed by atoms with Crippen molar-refractivity contribution in [3.8, 4) is 5.75 Å². The maximum Gasteiger partial charge on any atom is 0.266 e. The minimum Gasteiger partial charge on any atom is -0.478 e. The second-order valence-corrected chi connectivity index (χ2v) is 9.44. The Balaban J connectivity index is 1.48. The van der Waals surface area contributed by atoms with Crippen molar-refractivity contribution in [2.45, 2.75) is 50.6 Å². The highest BCUT2D eigenvalue weighted by Crippen LogP contribution is 2.36. The van der Waals surface area contributed by atoms with E-state index in [-0.39, 0.29) is 24.6 Å². The molecule has 1 amide bonds. The zero-order valence-corrected chi connectivity index (χ0v) is 16.2. The molecule has 1 aliphatic carbocycles. The number of nitrogens with one attached hydrogen (secondary N) is 1. The first-order valence-electron chi connectivity index (χ1n) is 9.45. The molecule has 1 aromatic rings. The van der Waals surface area contributed by atoms with Crippen molar-refractivity contribution < 1.29 is 17.9 Å². The summed E-state index contributed by atoms with van der Waals surface area (Å²) in [6.07, 6.45) is 8.46. The average Bonchev–Trinajstić information content (AvgIpc) is 3.15. The van der Waals surface area contributed by atoms with E-state index in [4.69, 9.17) is 4.74 Å². The van der Waals surface area contributed by atoms with E-state index in [0.29, 0.717) is 43.4 Å². The topological polar surface area (TPSA) is 105 Å². The second kappa shape index (κ2) is 7.23. The number of nitrogens with zero attached hydrogens (tertiary/aromatic N) is 4. The van der Waals surface area contributed by atoms with Gasteiger partial charge in [0.2, 0.25) is 16.0 Å². The van der Waals surface area contributed by atoms with Gasteiger partial charge in [-0.2, -0.15) is 4.98 Å². The van der Waals surface area contributed by atoms with Gasteiger partial charge in [0.05, 0.1) is 12.5 Å². The van der Waals surface area contributed by atoms with Crippen LogP contribution >= 0.6 is 0 Å². The number of anilines is 2. The maximum absolute atomic E-state index is 12.4. The van der Waals surface area contributed by atoms with Gasteiger partial charge in [0.25, 0.3) is 5.91 Å². The fourth-order valence-electron chi connectivity index (χ4n) is 4.09. The van der Waals surface area contributed by atoms with Gasteiger partial charge in [-0.25, -0.2) is 17.7 Å².